The summed E-state index contributed by atoms with van der Waals surface area (Å²) < 4.78 is -0.255. The molecule has 1 unspecified atom stereocenters. The van der Waals surface area contributed by atoms with E-state index in [1.165, 1.54) is 0 Å². The third-order valence-electron chi connectivity index (χ3n) is 2.24. The molecule has 2 heteroatoms. The predicted molar refractivity (Wildman–Crippen MR) is 57.3 cm³/mol. The monoisotopic (exact) mass is 179 g/mol. The molecule has 0 heterocycles. The van der Waals surface area contributed by atoms with E-state index in [4.69, 9.17) is 0 Å². The second kappa shape index (κ2) is 4.40. The van der Waals surface area contributed by atoms with Crippen LogP contribution >= 0.6 is 0 Å². The Bertz CT molecular complexity index is 244. The highest BCUT2D eigenvalue weighted by Crippen LogP contribution is 2.19. The van der Waals surface area contributed by atoms with Gasteiger partial charge in [0, 0.05) is 0 Å². The van der Waals surface area contributed by atoms with Gasteiger partial charge in [-0.3, -0.25) is 0 Å². The van der Waals surface area contributed by atoms with Crippen LogP contribution in [0.15, 0.2) is 30.3 Å². The Morgan fingerprint density at radius 2 is 1.85 bits per heavy atom. The molecule has 1 rings (SSSR count). The number of hydrogen-bond acceptors (Lipinski definition) is 1. The first-order valence-corrected chi connectivity index (χ1v) is 4.79. The molecule has 0 fully saturated rings. The number of quaternary nitrogens is 1. The normalized spacial score (nSPS) is 15.3. The average molecular weight is 179 g/mol. The lowest BCUT2D eigenvalue weighted by Crippen LogP contribution is -2.38. The van der Waals surface area contributed by atoms with Crippen LogP contribution in [0.3, 0.4) is 0 Å². The maximum atomic E-state index is 12.0. The lowest BCUT2D eigenvalue weighted by molar-refractivity contribution is 0.431. The fourth-order valence-corrected chi connectivity index (χ4v) is 1.33. The van der Waals surface area contributed by atoms with Gasteiger partial charge in [0.1, 0.15) is 5.69 Å². The van der Waals surface area contributed by atoms with Crippen molar-refractivity contribution in [3.8, 4) is 0 Å². The van der Waals surface area contributed by atoms with Gasteiger partial charge in [-0.2, -0.15) is 0 Å². The minimum absolute atomic E-state index is 0.255. The molecule has 72 valence electrons. The number of benzene rings is 1. The van der Waals surface area contributed by atoms with Crippen molar-refractivity contribution in [3.63, 3.8) is 0 Å². The van der Waals surface area contributed by atoms with E-state index in [1.807, 2.05) is 30.3 Å². The zero-order valence-corrected chi connectivity index (χ0v) is 8.36. The number of nitrogens with zero attached hydrogens (tertiary/aromatic N) is 1. The number of rotatable bonds is 4. The van der Waals surface area contributed by atoms with Gasteiger partial charge in [0.2, 0.25) is 0 Å². The summed E-state index contributed by atoms with van der Waals surface area (Å²) in [6.07, 6.45) is 2.05. The van der Waals surface area contributed by atoms with E-state index in [-0.39, 0.29) is 4.65 Å². The second-order valence-electron chi connectivity index (χ2n) is 3.51. The molecular formula is C11H17NO. The van der Waals surface area contributed by atoms with E-state index < -0.39 is 0 Å². The zero-order chi connectivity index (χ0) is 9.73. The van der Waals surface area contributed by atoms with E-state index in [2.05, 4.69) is 6.92 Å². The Kier molecular flexibility index (Phi) is 3.46. The standard InChI is InChI=1S/C11H17NO/c1-3-4-10-12(2,13)11-8-6-5-7-9-11/h5-9H,3-4,10H2,1-2H3. The molecule has 1 atom stereocenters. The topological polar surface area (TPSA) is 23.1 Å². The molecule has 0 saturated heterocycles. The quantitative estimate of drug-likeness (QED) is 0.515. The lowest BCUT2D eigenvalue weighted by atomic mass is 10.2. The largest absolute Gasteiger partial charge is 0.628 e. The molecule has 0 aliphatic carbocycles. The van der Waals surface area contributed by atoms with Crippen molar-refractivity contribution in [2.24, 2.45) is 0 Å². The summed E-state index contributed by atoms with van der Waals surface area (Å²) in [6, 6.07) is 9.54. The second-order valence-corrected chi connectivity index (χ2v) is 3.51. The smallest absolute Gasteiger partial charge is 0.132 e. The maximum absolute atomic E-state index is 12.0. The molecule has 13 heavy (non-hydrogen) atoms. The first-order chi connectivity index (χ1) is 6.17. The highest BCUT2D eigenvalue weighted by atomic mass is 16.5. The van der Waals surface area contributed by atoms with E-state index in [1.54, 1.807) is 7.05 Å². The molecule has 0 aliphatic heterocycles. The summed E-state index contributed by atoms with van der Waals surface area (Å²) in [7, 11) is 1.71. The maximum Gasteiger partial charge on any atom is 0.132 e. The van der Waals surface area contributed by atoms with Gasteiger partial charge in [0.25, 0.3) is 0 Å². The minimum Gasteiger partial charge on any atom is -0.628 e. The van der Waals surface area contributed by atoms with Crippen molar-refractivity contribution in [3.05, 3.63) is 35.5 Å². The third-order valence-corrected chi connectivity index (χ3v) is 2.24. The Morgan fingerprint density at radius 1 is 1.23 bits per heavy atom. The van der Waals surface area contributed by atoms with Gasteiger partial charge in [0.15, 0.2) is 0 Å². The fourth-order valence-electron chi connectivity index (χ4n) is 1.33. The Morgan fingerprint density at radius 3 is 2.38 bits per heavy atom. The summed E-state index contributed by atoms with van der Waals surface area (Å²) in [5, 5.41) is 12.0. The van der Waals surface area contributed by atoms with E-state index in [0.717, 1.165) is 18.5 Å². The molecule has 2 nitrogen and oxygen atoms in total. The highest BCUT2D eigenvalue weighted by molar-refractivity contribution is 5.42. The molecule has 1 aromatic rings. The lowest BCUT2D eigenvalue weighted by Gasteiger charge is -2.38. The Hall–Kier alpha value is -0.860. The van der Waals surface area contributed by atoms with Crippen molar-refractivity contribution in [1.29, 1.82) is 0 Å². The van der Waals surface area contributed by atoms with Crippen LogP contribution in [0.1, 0.15) is 19.8 Å². The first kappa shape index (κ1) is 10.2. The van der Waals surface area contributed by atoms with Crippen molar-refractivity contribution in [1.82, 2.24) is 4.65 Å². The Labute approximate surface area is 80.0 Å². The SMILES string of the molecule is CCCC[N+](C)([O-])c1ccccc1. The third kappa shape index (κ3) is 2.83. The first-order valence-electron chi connectivity index (χ1n) is 4.79. The molecule has 0 aliphatic rings. The van der Waals surface area contributed by atoms with Crippen molar-refractivity contribution in [2.75, 3.05) is 13.6 Å². The van der Waals surface area contributed by atoms with Crippen molar-refractivity contribution in [2.45, 2.75) is 19.8 Å². The van der Waals surface area contributed by atoms with Crippen LogP contribution in [0.25, 0.3) is 0 Å². The summed E-state index contributed by atoms with van der Waals surface area (Å²) >= 11 is 0. The van der Waals surface area contributed by atoms with Gasteiger partial charge in [-0.15, -0.1) is 0 Å². The summed E-state index contributed by atoms with van der Waals surface area (Å²) in [5.74, 6) is 0. The minimum atomic E-state index is -0.255. The molecule has 0 N–H and O–H groups in total. The van der Waals surface area contributed by atoms with Gasteiger partial charge in [-0.25, -0.2) is 0 Å². The van der Waals surface area contributed by atoms with Gasteiger partial charge >= 0.3 is 0 Å². The van der Waals surface area contributed by atoms with Crippen LogP contribution in [0.4, 0.5) is 5.69 Å². The molecule has 0 radical (unpaired) electrons. The predicted octanol–water partition coefficient (Wildman–Crippen LogP) is 2.92. The molecule has 1 aromatic carbocycles. The van der Waals surface area contributed by atoms with Crippen LogP contribution < -0.4 is 4.65 Å². The van der Waals surface area contributed by atoms with Crippen LogP contribution in [-0.4, -0.2) is 13.6 Å². The Balaban J connectivity index is 2.69. The number of hydroxylamine groups is 2. The zero-order valence-electron chi connectivity index (χ0n) is 8.36. The summed E-state index contributed by atoms with van der Waals surface area (Å²) in [5.41, 5.74) is 0.843. The summed E-state index contributed by atoms with van der Waals surface area (Å²) in [4.78, 5) is 0. The fraction of sp³-hybridized carbons (Fsp3) is 0.455. The van der Waals surface area contributed by atoms with Gasteiger partial charge in [-0.05, 0) is 18.6 Å². The molecule has 0 saturated carbocycles. The van der Waals surface area contributed by atoms with Crippen LogP contribution in [-0.2, 0) is 0 Å². The van der Waals surface area contributed by atoms with E-state index in [9.17, 15) is 5.21 Å². The van der Waals surface area contributed by atoms with Crippen molar-refractivity contribution >= 4 is 5.69 Å². The van der Waals surface area contributed by atoms with Crippen LogP contribution in [0.2, 0.25) is 0 Å². The number of hydrogen-bond donors (Lipinski definition) is 0. The molecular weight excluding hydrogens is 162 g/mol. The molecule has 0 bridgehead atoms. The molecule has 0 amide bonds. The van der Waals surface area contributed by atoms with Crippen LogP contribution in [0.5, 0.6) is 0 Å². The van der Waals surface area contributed by atoms with Gasteiger partial charge < -0.3 is 9.85 Å². The van der Waals surface area contributed by atoms with E-state index >= 15 is 0 Å². The van der Waals surface area contributed by atoms with Crippen LogP contribution in [0, 0.1) is 5.21 Å². The number of para-hydroxylation sites is 1. The number of unbranched alkanes of at least 4 members (excludes halogenated alkanes) is 1. The van der Waals surface area contributed by atoms with Gasteiger partial charge in [-0.1, -0.05) is 31.5 Å². The van der Waals surface area contributed by atoms with E-state index in [0.29, 0.717) is 6.54 Å². The van der Waals surface area contributed by atoms with Gasteiger partial charge in [0.05, 0.1) is 13.6 Å². The van der Waals surface area contributed by atoms with Crippen molar-refractivity contribution < 1.29 is 0 Å². The molecule has 0 spiro atoms. The summed E-state index contributed by atoms with van der Waals surface area (Å²) in [6.45, 7) is 2.77. The average Bonchev–Trinajstić information content (AvgIpc) is 2.16. The molecule has 0 aromatic heterocycles. The highest BCUT2D eigenvalue weighted by Gasteiger charge is 2.11.